The van der Waals surface area contributed by atoms with E-state index < -0.39 is 23.9 Å². The molecule has 71 heavy (non-hydrogen) atoms. The van der Waals surface area contributed by atoms with Crippen molar-refractivity contribution < 1.29 is 38.3 Å². The molecule has 3 heterocycles. The maximum Gasteiger partial charge on any atom is 0.322 e. The van der Waals surface area contributed by atoms with Gasteiger partial charge >= 0.3 is 5.97 Å². The molecule has 6 N–H and O–H groups in total. The molecule has 1 spiro atoms. The van der Waals surface area contributed by atoms with E-state index in [-0.39, 0.29) is 52.9 Å². The summed E-state index contributed by atoms with van der Waals surface area (Å²) in [5, 5.41) is 19.6. The summed E-state index contributed by atoms with van der Waals surface area (Å²) >= 11 is 12.1. The topological polar surface area (TPSA) is 198 Å². The molecule has 2 saturated carbocycles. The molecule has 3 saturated heterocycles. The molecule has 3 aromatic rings. The van der Waals surface area contributed by atoms with Crippen molar-refractivity contribution in [3.8, 4) is 0 Å². The Morgan fingerprint density at radius 2 is 1.65 bits per heavy atom. The fraction of sp³-hybridized carbons (Fsp3) is 0.547. The molecule has 18 heteroatoms. The monoisotopic (exact) mass is 1020 g/mol. The van der Waals surface area contributed by atoms with E-state index in [9.17, 15) is 33.5 Å². The molecule has 8 rings (SSSR count). The summed E-state index contributed by atoms with van der Waals surface area (Å²) in [4.78, 5) is 77.6. The Balaban J connectivity index is 0.000000232. The first kappa shape index (κ1) is 55.2. The summed E-state index contributed by atoms with van der Waals surface area (Å²) in [6.45, 7) is 4.68. The summed E-state index contributed by atoms with van der Waals surface area (Å²) in [5.74, 6) is -1.76. The van der Waals surface area contributed by atoms with Crippen LogP contribution in [0.2, 0.25) is 10.0 Å². The lowest BCUT2D eigenvalue weighted by Crippen LogP contribution is -2.57. The van der Waals surface area contributed by atoms with Gasteiger partial charge in [0.1, 0.15) is 17.9 Å². The van der Waals surface area contributed by atoms with E-state index in [1.807, 2.05) is 36.2 Å². The van der Waals surface area contributed by atoms with Gasteiger partial charge in [-0.15, -0.1) is 0 Å². The largest absolute Gasteiger partial charge is 0.480 e. The Morgan fingerprint density at radius 1 is 0.930 bits per heavy atom. The number of unbranched alkanes of at least 4 members (excludes halogenated alkanes) is 1. The fourth-order valence-corrected chi connectivity index (χ4v) is 11.8. The number of nitrogens with one attached hydrogen (secondary N) is 3. The molecule has 5 aliphatic rings. The third-order valence-electron chi connectivity index (χ3n) is 15.1. The highest BCUT2D eigenvalue weighted by molar-refractivity contribution is 6.31. The van der Waals surface area contributed by atoms with Crippen molar-refractivity contribution in [2.45, 2.75) is 120 Å². The van der Waals surface area contributed by atoms with Gasteiger partial charge < -0.3 is 31.3 Å². The van der Waals surface area contributed by atoms with Crippen LogP contribution < -0.4 is 31.5 Å². The molecule has 15 nitrogen and oxygen atoms in total. The highest BCUT2D eigenvalue weighted by Crippen LogP contribution is 2.47. The number of halogens is 3. The Hall–Kier alpha value is -5.13. The maximum atomic E-state index is 14.8. The second-order valence-electron chi connectivity index (χ2n) is 19.7. The van der Waals surface area contributed by atoms with E-state index in [0.717, 1.165) is 88.8 Å². The number of piperidine rings is 1. The molecule has 3 aliphatic heterocycles. The van der Waals surface area contributed by atoms with Crippen LogP contribution in [0.4, 0.5) is 21.5 Å². The van der Waals surface area contributed by atoms with Crippen molar-refractivity contribution in [3.05, 3.63) is 87.7 Å². The van der Waals surface area contributed by atoms with E-state index in [1.165, 1.54) is 43.4 Å². The van der Waals surface area contributed by atoms with Gasteiger partial charge in [-0.2, -0.15) is 0 Å². The molecule has 2 aliphatic carbocycles. The normalized spacial score (nSPS) is 22.5. The van der Waals surface area contributed by atoms with Gasteiger partial charge in [-0.1, -0.05) is 86.0 Å². The van der Waals surface area contributed by atoms with E-state index in [4.69, 9.17) is 28.0 Å². The summed E-state index contributed by atoms with van der Waals surface area (Å²) in [7, 11) is 3.50. The van der Waals surface area contributed by atoms with Gasteiger partial charge in [-0.3, -0.25) is 43.9 Å². The average Bonchev–Trinajstić information content (AvgIpc) is 3.71. The number of carbonyl (C=O) groups is 6. The summed E-state index contributed by atoms with van der Waals surface area (Å²) < 4.78 is 14.8. The van der Waals surface area contributed by atoms with Crippen molar-refractivity contribution in [3.63, 3.8) is 0 Å². The number of aliphatic carboxylic acids is 1. The van der Waals surface area contributed by atoms with Crippen LogP contribution in [0.15, 0.2) is 60.7 Å². The zero-order chi connectivity index (χ0) is 51.1. The fourth-order valence-electron chi connectivity index (χ4n) is 11.4. The molecular formula is C53H71Cl2FN8O7. The SMILES string of the molecule is CN(C=O)c1cc(CCCCN2CCN(CC3CCCCC3)CC2C(=O)O)ccc1N(C)C1CCC(=O)NC1=O.NC=O.O=C(Nc1cccc(Cl)c1)C1[C@@H](c2cccc(Cl)c2F)CNC12CCCCC2. The molecule has 0 radical (unpaired) electrons. The van der Waals surface area contributed by atoms with Crippen molar-refractivity contribution in [1.82, 2.24) is 20.4 Å². The number of amides is 5. The molecule has 0 bridgehead atoms. The third kappa shape index (κ3) is 14.5. The van der Waals surface area contributed by atoms with Gasteiger partial charge in [0.15, 0.2) is 0 Å². The summed E-state index contributed by atoms with van der Waals surface area (Å²) in [6, 6.07) is 17.1. The molecule has 4 atom stereocenters. The number of carboxylic acid groups (broad SMARTS) is 1. The van der Waals surface area contributed by atoms with Crippen LogP contribution >= 0.6 is 23.2 Å². The molecule has 5 amide bonds. The minimum absolute atomic E-state index is 0.0936. The highest BCUT2D eigenvalue weighted by atomic mass is 35.5. The maximum absolute atomic E-state index is 14.8. The first-order valence-electron chi connectivity index (χ1n) is 25.2. The lowest BCUT2D eigenvalue weighted by Gasteiger charge is -2.41. The van der Waals surface area contributed by atoms with Gasteiger partial charge in [0, 0.05) is 75.4 Å². The van der Waals surface area contributed by atoms with Crippen LogP contribution in [-0.2, 0) is 35.2 Å². The lowest BCUT2D eigenvalue weighted by atomic mass is 9.69. The predicted octanol–water partition coefficient (Wildman–Crippen LogP) is 7.37. The van der Waals surface area contributed by atoms with Crippen LogP contribution in [0.5, 0.6) is 0 Å². The zero-order valence-electron chi connectivity index (χ0n) is 41.1. The average molecular weight is 1020 g/mol. The number of carbonyl (C=O) groups excluding carboxylic acids is 5. The number of piperazine rings is 1. The first-order valence-corrected chi connectivity index (χ1v) is 25.9. The van der Waals surface area contributed by atoms with Crippen LogP contribution in [0.25, 0.3) is 0 Å². The van der Waals surface area contributed by atoms with Gasteiger partial charge in [0.2, 0.25) is 30.5 Å². The number of imide groups is 1. The second kappa shape index (κ2) is 26.5. The van der Waals surface area contributed by atoms with E-state index in [2.05, 4.69) is 31.5 Å². The Morgan fingerprint density at radius 3 is 2.34 bits per heavy atom. The predicted molar refractivity (Wildman–Crippen MR) is 276 cm³/mol. The molecule has 3 aromatic carbocycles. The zero-order valence-corrected chi connectivity index (χ0v) is 42.6. The van der Waals surface area contributed by atoms with E-state index >= 15 is 0 Å². The number of aryl methyl sites for hydroxylation is 1. The Labute approximate surface area is 427 Å². The van der Waals surface area contributed by atoms with Crippen molar-refractivity contribution in [2.75, 3.05) is 68.5 Å². The molecular weight excluding hydrogens is 951 g/mol. The molecule has 386 valence electrons. The lowest BCUT2D eigenvalue weighted by molar-refractivity contribution is -0.146. The minimum Gasteiger partial charge on any atom is -0.480 e. The number of nitrogens with zero attached hydrogens (tertiary/aromatic N) is 4. The number of carboxylic acids is 1. The number of hydrogen-bond acceptors (Lipinski definition) is 10. The number of rotatable bonds is 15. The van der Waals surface area contributed by atoms with Crippen LogP contribution in [-0.4, -0.2) is 122 Å². The molecule has 5 fully saturated rings. The van der Waals surface area contributed by atoms with Gasteiger partial charge in [0.05, 0.1) is 22.3 Å². The number of likely N-dealkylation sites (N-methyl/N-ethyl adjacent to an activating group) is 1. The highest BCUT2D eigenvalue weighted by Gasteiger charge is 2.53. The van der Waals surface area contributed by atoms with Gasteiger partial charge in [-0.25, -0.2) is 4.39 Å². The van der Waals surface area contributed by atoms with E-state index in [0.29, 0.717) is 47.4 Å². The number of nitrogens with two attached hydrogens (primary N) is 1. The Kier molecular flexibility index (Phi) is 20.6. The summed E-state index contributed by atoms with van der Waals surface area (Å²) in [6.07, 6.45) is 16.0. The standard InChI is InChI=1S/C30H45N5O5.C22H23Cl2FN2O.CH3NO/c1-32(21-36)26-18-22(11-12-24(26)33(2)25-13-14-28(37)31-29(25)38)8-6-7-15-35-17-16-34(20-27(35)30(39)40)19-23-9-4-3-5-10-23;23-14-6-4-7-15(12-14)27-21(28)19-17(16-8-5-9-18(24)20(16)25)13-26-22(19)10-2-1-3-11-22;2-1-3/h11-12,18,21,23,25,27H,3-10,13-17,19-20H2,1-2H3,(H,39,40)(H,31,37,38);4-9,12,17,19,26H,1-3,10-11,13H2,(H,27,28);1H,(H2,2,3)/t;17-,19?;/m.1./s1. The summed E-state index contributed by atoms with van der Waals surface area (Å²) in [5.41, 5.74) is 7.56. The third-order valence-corrected chi connectivity index (χ3v) is 15.6. The van der Waals surface area contributed by atoms with E-state index in [1.54, 1.807) is 43.4 Å². The number of anilines is 3. The van der Waals surface area contributed by atoms with Crippen molar-refractivity contribution in [2.24, 2.45) is 17.6 Å². The number of primary amides is 1. The Bertz CT molecular complexity index is 2310. The molecule has 0 aromatic heterocycles. The molecule has 3 unspecified atom stereocenters. The van der Waals surface area contributed by atoms with Crippen LogP contribution in [0, 0.1) is 17.7 Å². The number of benzene rings is 3. The smallest absolute Gasteiger partial charge is 0.322 e. The van der Waals surface area contributed by atoms with Crippen LogP contribution in [0.3, 0.4) is 0 Å². The number of hydrogen-bond donors (Lipinski definition) is 5. The first-order chi connectivity index (χ1) is 34.2. The minimum atomic E-state index is -0.731. The van der Waals surface area contributed by atoms with Crippen molar-refractivity contribution >= 4 is 76.8 Å². The second-order valence-corrected chi connectivity index (χ2v) is 20.5. The van der Waals surface area contributed by atoms with Gasteiger partial charge in [-0.05, 0) is 111 Å². The van der Waals surface area contributed by atoms with Gasteiger partial charge in [0.25, 0.3) is 0 Å². The van der Waals surface area contributed by atoms with Crippen molar-refractivity contribution in [1.29, 1.82) is 0 Å². The quantitative estimate of drug-likeness (QED) is 0.0579. The van der Waals surface area contributed by atoms with Crippen LogP contribution in [0.1, 0.15) is 107 Å².